The van der Waals surface area contributed by atoms with Gasteiger partial charge in [-0.1, -0.05) is 26.7 Å². The van der Waals surface area contributed by atoms with Crippen LogP contribution < -0.4 is 10.7 Å². The number of sulfonamides is 1. The van der Waals surface area contributed by atoms with Crippen LogP contribution >= 0.6 is 0 Å². The number of pyridine rings is 1. The Labute approximate surface area is 189 Å². The van der Waals surface area contributed by atoms with Gasteiger partial charge in [-0.15, -0.1) is 0 Å². The molecule has 1 aliphatic carbocycles. The minimum absolute atomic E-state index is 0.0547. The fraction of sp³-hybridized carbons (Fsp3) is 0.583. The summed E-state index contributed by atoms with van der Waals surface area (Å²) in [6, 6.07) is 4.70. The highest BCUT2D eigenvalue weighted by Crippen LogP contribution is 2.26. The number of aromatic nitrogens is 1. The monoisotopic (exact) mass is 459 g/mol. The number of amides is 1. The standard InChI is InChI=1S/C24H33N3O4S/c1-16-10-12-27(13-11-16)32(30,31)18-8-9-22-19(14-18)23(28)20(15-26(22)3)24(29)25-21-7-5-4-6-17(21)2/h8-9,14-17,21H,4-7,10-13H2,1-3H3,(H,25,29)/t17-,21-/m1/s1. The highest BCUT2D eigenvalue weighted by Gasteiger charge is 2.29. The van der Waals surface area contributed by atoms with Crippen molar-refractivity contribution in [2.75, 3.05) is 13.1 Å². The Morgan fingerprint density at radius 2 is 1.75 bits per heavy atom. The predicted molar refractivity (Wildman–Crippen MR) is 125 cm³/mol. The van der Waals surface area contributed by atoms with E-state index < -0.39 is 15.5 Å². The lowest BCUT2D eigenvalue weighted by Crippen LogP contribution is -2.42. The third kappa shape index (κ3) is 4.35. The summed E-state index contributed by atoms with van der Waals surface area (Å²) in [5, 5.41) is 3.29. The second kappa shape index (κ2) is 8.98. The first-order valence-corrected chi connectivity index (χ1v) is 13.1. The molecule has 0 radical (unpaired) electrons. The zero-order valence-electron chi connectivity index (χ0n) is 19.1. The Balaban J connectivity index is 1.69. The van der Waals surface area contributed by atoms with Crippen LogP contribution in [0, 0.1) is 11.8 Å². The number of nitrogens with one attached hydrogen (secondary N) is 1. The molecule has 1 saturated carbocycles. The van der Waals surface area contributed by atoms with Crippen molar-refractivity contribution in [1.82, 2.24) is 14.2 Å². The third-order valence-corrected chi connectivity index (χ3v) is 9.11. The number of nitrogens with zero attached hydrogens (tertiary/aromatic N) is 2. The van der Waals surface area contributed by atoms with Gasteiger partial charge < -0.3 is 9.88 Å². The largest absolute Gasteiger partial charge is 0.350 e. The van der Waals surface area contributed by atoms with Crippen LogP contribution in [0.5, 0.6) is 0 Å². The van der Waals surface area contributed by atoms with Gasteiger partial charge in [0.2, 0.25) is 15.5 Å². The fourth-order valence-electron chi connectivity index (χ4n) is 4.94. The van der Waals surface area contributed by atoms with Gasteiger partial charge in [0.05, 0.1) is 10.4 Å². The van der Waals surface area contributed by atoms with E-state index in [4.69, 9.17) is 0 Å². The number of carbonyl (C=O) groups excluding carboxylic acids is 1. The molecule has 174 valence electrons. The van der Waals surface area contributed by atoms with E-state index in [1.807, 2.05) is 0 Å². The zero-order chi connectivity index (χ0) is 23.0. The molecule has 1 N–H and O–H groups in total. The van der Waals surface area contributed by atoms with Crippen LogP contribution in [0.1, 0.15) is 62.7 Å². The average molecular weight is 460 g/mol. The highest BCUT2D eigenvalue weighted by molar-refractivity contribution is 7.89. The first-order chi connectivity index (χ1) is 15.2. The molecule has 1 aromatic heterocycles. The van der Waals surface area contributed by atoms with E-state index in [9.17, 15) is 18.0 Å². The lowest BCUT2D eigenvalue weighted by atomic mass is 9.86. The SMILES string of the molecule is CC1CCN(S(=O)(=O)c2ccc3c(c2)c(=O)c(C(=O)N[C@@H]2CCCC[C@H]2C)cn3C)CC1. The summed E-state index contributed by atoms with van der Waals surface area (Å²) in [4.78, 5) is 26.4. The van der Waals surface area contributed by atoms with Gasteiger partial charge in [0.15, 0.2) is 0 Å². The van der Waals surface area contributed by atoms with Crippen molar-refractivity contribution in [1.29, 1.82) is 0 Å². The van der Waals surface area contributed by atoms with Crippen LogP contribution in [-0.4, -0.2) is 42.3 Å². The summed E-state index contributed by atoms with van der Waals surface area (Å²) in [6.07, 6.45) is 7.43. The number of aryl methyl sites for hydroxylation is 1. The maximum Gasteiger partial charge on any atom is 0.256 e. The molecule has 0 spiro atoms. The molecule has 1 aliphatic heterocycles. The quantitative estimate of drug-likeness (QED) is 0.760. The van der Waals surface area contributed by atoms with Crippen LogP contribution in [0.25, 0.3) is 10.9 Å². The molecule has 0 bridgehead atoms. The van der Waals surface area contributed by atoms with E-state index in [2.05, 4.69) is 19.2 Å². The molecule has 2 fully saturated rings. The number of benzene rings is 1. The Kier molecular flexibility index (Phi) is 6.45. The number of hydrogen-bond donors (Lipinski definition) is 1. The second-order valence-electron chi connectivity index (χ2n) is 9.59. The van der Waals surface area contributed by atoms with Crippen LogP contribution in [-0.2, 0) is 17.1 Å². The first-order valence-electron chi connectivity index (χ1n) is 11.6. The van der Waals surface area contributed by atoms with Crippen molar-refractivity contribution >= 4 is 26.8 Å². The zero-order valence-corrected chi connectivity index (χ0v) is 20.0. The number of carbonyl (C=O) groups is 1. The molecule has 1 amide bonds. The maximum atomic E-state index is 13.3. The minimum Gasteiger partial charge on any atom is -0.350 e. The van der Waals surface area contributed by atoms with Gasteiger partial charge >= 0.3 is 0 Å². The van der Waals surface area contributed by atoms with Gasteiger partial charge in [-0.2, -0.15) is 4.31 Å². The van der Waals surface area contributed by atoms with Crippen molar-refractivity contribution in [2.24, 2.45) is 18.9 Å². The van der Waals surface area contributed by atoms with E-state index in [0.717, 1.165) is 32.1 Å². The van der Waals surface area contributed by atoms with Crippen molar-refractivity contribution < 1.29 is 13.2 Å². The van der Waals surface area contributed by atoms with Crippen molar-refractivity contribution in [2.45, 2.75) is 63.3 Å². The molecule has 4 rings (SSSR count). The van der Waals surface area contributed by atoms with Crippen LogP contribution in [0.4, 0.5) is 0 Å². The van der Waals surface area contributed by atoms with E-state index in [-0.39, 0.29) is 27.8 Å². The average Bonchev–Trinajstić information content (AvgIpc) is 2.77. The normalized spacial score (nSPS) is 23.3. The Hall–Kier alpha value is -2.19. The van der Waals surface area contributed by atoms with Gasteiger partial charge in [0, 0.05) is 37.8 Å². The van der Waals surface area contributed by atoms with Gasteiger partial charge in [-0.25, -0.2) is 8.42 Å². The predicted octanol–water partition coefficient (Wildman–Crippen LogP) is 3.27. The summed E-state index contributed by atoms with van der Waals surface area (Å²) in [7, 11) is -1.92. The molecule has 8 heteroatoms. The summed E-state index contributed by atoms with van der Waals surface area (Å²) in [5.41, 5.74) is 0.228. The molecular formula is C24H33N3O4S. The van der Waals surface area contributed by atoms with Crippen molar-refractivity contribution in [3.63, 3.8) is 0 Å². The first kappa shape index (κ1) is 23.0. The molecule has 1 saturated heterocycles. The van der Waals surface area contributed by atoms with Crippen LogP contribution in [0.2, 0.25) is 0 Å². The van der Waals surface area contributed by atoms with Gasteiger partial charge in [-0.3, -0.25) is 9.59 Å². The Morgan fingerprint density at radius 3 is 2.44 bits per heavy atom. The van der Waals surface area contributed by atoms with Crippen LogP contribution in [0.3, 0.4) is 0 Å². The fourth-order valence-corrected chi connectivity index (χ4v) is 6.44. The number of fused-ring (bicyclic) bond motifs is 1. The molecular weight excluding hydrogens is 426 g/mol. The van der Waals surface area contributed by atoms with Crippen molar-refractivity contribution in [3.05, 3.63) is 40.2 Å². The Bertz CT molecular complexity index is 1180. The van der Waals surface area contributed by atoms with Gasteiger partial charge in [0.1, 0.15) is 5.56 Å². The summed E-state index contributed by atoms with van der Waals surface area (Å²) >= 11 is 0. The topological polar surface area (TPSA) is 88.5 Å². The van der Waals surface area contributed by atoms with E-state index >= 15 is 0 Å². The van der Waals surface area contributed by atoms with E-state index in [0.29, 0.717) is 30.4 Å². The molecule has 2 atom stereocenters. The summed E-state index contributed by atoms with van der Waals surface area (Å²) in [5.74, 6) is 0.504. The Morgan fingerprint density at radius 1 is 1.06 bits per heavy atom. The molecule has 2 aliphatic rings. The molecule has 1 aromatic carbocycles. The third-order valence-electron chi connectivity index (χ3n) is 7.21. The molecule has 0 unspecified atom stereocenters. The lowest BCUT2D eigenvalue weighted by molar-refractivity contribution is 0.0908. The number of hydrogen-bond acceptors (Lipinski definition) is 4. The molecule has 2 heterocycles. The number of piperidine rings is 1. The molecule has 2 aromatic rings. The summed E-state index contributed by atoms with van der Waals surface area (Å²) < 4.78 is 29.6. The van der Waals surface area contributed by atoms with Gasteiger partial charge in [-0.05, 0) is 55.7 Å². The maximum absolute atomic E-state index is 13.3. The molecule has 7 nitrogen and oxygen atoms in total. The minimum atomic E-state index is -3.68. The van der Waals surface area contributed by atoms with E-state index in [1.54, 1.807) is 29.9 Å². The highest BCUT2D eigenvalue weighted by atomic mass is 32.2. The van der Waals surface area contributed by atoms with Gasteiger partial charge in [0.25, 0.3) is 5.91 Å². The van der Waals surface area contributed by atoms with E-state index in [1.165, 1.54) is 16.8 Å². The summed E-state index contributed by atoms with van der Waals surface area (Å²) in [6.45, 7) is 5.23. The lowest BCUT2D eigenvalue weighted by Gasteiger charge is -2.29. The second-order valence-corrected chi connectivity index (χ2v) is 11.5. The van der Waals surface area contributed by atoms with Crippen molar-refractivity contribution in [3.8, 4) is 0 Å². The number of rotatable bonds is 4. The molecule has 32 heavy (non-hydrogen) atoms. The van der Waals surface area contributed by atoms with Crippen LogP contribution in [0.15, 0.2) is 34.1 Å². The smallest absolute Gasteiger partial charge is 0.256 e.